The average molecular weight is 482 g/mol. The third-order valence-electron chi connectivity index (χ3n) is 4.92. The van der Waals surface area contributed by atoms with Gasteiger partial charge in [-0.3, -0.25) is 19.3 Å². The largest absolute Gasteiger partial charge is 0.497 e. The van der Waals surface area contributed by atoms with Gasteiger partial charge in [-0.25, -0.2) is 0 Å². The van der Waals surface area contributed by atoms with Crippen molar-refractivity contribution in [2.24, 2.45) is 0 Å². The first-order chi connectivity index (χ1) is 16.4. The van der Waals surface area contributed by atoms with E-state index in [9.17, 15) is 14.4 Å². The maximum absolute atomic E-state index is 13.1. The quantitative estimate of drug-likeness (QED) is 0.422. The zero-order valence-electron chi connectivity index (χ0n) is 19.3. The van der Waals surface area contributed by atoms with Gasteiger partial charge in [-0.15, -0.1) is 11.3 Å². The molecular weight excluding hydrogens is 454 g/mol. The molecule has 3 aromatic rings. The molecule has 2 aromatic carbocycles. The highest BCUT2D eigenvalue weighted by molar-refractivity contribution is 7.18. The summed E-state index contributed by atoms with van der Waals surface area (Å²) in [6.45, 7) is 0.572. The number of carbonyl (C=O) groups excluding carboxylic acids is 3. The van der Waals surface area contributed by atoms with E-state index in [0.29, 0.717) is 28.6 Å². The highest BCUT2D eigenvalue weighted by atomic mass is 32.1. The highest BCUT2D eigenvalue weighted by Gasteiger charge is 2.24. The van der Waals surface area contributed by atoms with E-state index < -0.39 is 5.91 Å². The Morgan fingerprint density at radius 1 is 1.03 bits per heavy atom. The Bertz CT molecular complexity index is 1110. The molecule has 0 aliphatic rings. The first-order valence-electron chi connectivity index (χ1n) is 10.6. The zero-order valence-corrected chi connectivity index (χ0v) is 20.1. The van der Waals surface area contributed by atoms with E-state index in [2.05, 4.69) is 5.32 Å². The average Bonchev–Trinajstić information content (AvgIpc) is 3.32. The van der Waals surface area contributed by atoms with Crippen molar-refractivity contribution < 1.29 is 23.9 Å². The van der Waals surface area contributed by atoms with Gasteiger partial charge in [0.1, 0.15) is 23.1 Å². The third kappa shape index (κ3) is 6.35. The number of hydrogen-bond acceptors (Lipinski definition) is 7. The molecule has 0 saturated heterocycles. The van der Waals surface area contributed by atoms with Crippen LogP contribution in [0.2, 0.25) is 0 Å². The smallest absolute Gasteiger partial charge is 0.263 e. The summed E-state index contributed by atoms with van der Waals surface area (Å²) in [5.41, 5.74) is 1.21. The number of para-hydroxylation sites is 1. The molecule has 8 nitrogen and oxygen atoms in total. The Kier molecular flexibility index (Phi) is 8.64. The molecule has 9 heteroatoms. The second kappa shape index (κ2) is 11.9. The molecule has 1 N–H and O–H groups in total. The molecule has 0 radical (unpaired) electrons. The number of thiophene rings is 1. The number of nitrogens with zero attached hydrogens (tertiary/aromatic N) is 2. The van der Waals surface area contributed by atoms with Crippen LogP contribution in [0, 0.1) is 0 Å². The van der Waals surface area contributed by atoms with E-state index in [0.717, 1.165) is 16.2 Å². The number of carbonyl (C=O) groups is 3. The fourth-order valence-corrected chi connectivity index (χ4v) is 4.12. The Labute approximate surface area is 202 Å². The molecule has 0 unspecified atom stereocenters. The Morgan fingerprint density at radius 3 is 2.35 bits per heavy atom. The second-order valence-electron chi connectivity index (χ2n) is 7.52. The first-order valence-corrected chi connectivity index (χ1v) is 11.4. The summed E-state index contributed by atoms with van der Waals surface area (Å²) in [6, 6.07) is 18.1. The van der Waals surface area contributed by atoms with Gasteiger partial charge in [0.25, 0.3) is 11.8 Å². The predicted octanol–water partition coefficient (Wildman–Crippen LogP) is 3.43. The minimum atomic E-state index is -0.485. The van der Waals surface area contributed by atoms with Gasteiger partial charge in [0, 0.05) is 20.6 Å². The molecule has 3 amide bonds. The first kappa shape index (κ1) is 24.8. The number of imide groups is 1. The lowest BCUT2D eigenvalue weighted by Crippen LogP contribution is -2.34. The summed E-state index contributed by atoms with van der Waals surface area (Å²) in [7, 11) is 5.16. The predicted molar refractivity (Wildman–Crippen MR) is 132 cm³/mol. The van der Waals surface area contributed by atoms with Crippen LogP contribution in [-0.2, 0) is 11.3 Å². The summed E-state index contributed by atoms with van der Waals surface area (Å²) >= 11 is 1.19. The van der Waals surface area contributed by atoms with Gasteiger partial charge in [-0.2, -0.15) is 0 Å². The molecule has 1 aromatic heterocycles. The van der Waals surface area contributed by atoms with E-state index in [1.54, 1.807) is 38.2 Å². The number of benzene rings is 2. The summed E-state index contributed by atoms with van der Waals surface area (Å²) in [5, 5.41) is 3.46. The van der Waals surface area contributed by atoms with Gasteiger partial charge in [-0.1, -0.05) is 30.3 Å². The number of rotatable bonds is 11. The minimum absolute atomic E-state index is 0.0823. The molecule has 0 atom stereocenters. The fourth-order valence-electron chi connectivity index (χ4n) is 3.13. The maximum atomic E-state index is 13.1. The standard InChI is InChI=1S/C25H27N3O5S/c1-27(2)25-21(24(31)28(17-29)13-14-33-20-7-5-4-6-8-20)15-22(34-25)23(30)26-16-18-9-11-19(32-3)12-10-18/h4-12,15,17H,13-14,16H2,1-3H3,(H,26,30). The van der Waals surface area contributed by atoms with Crippen LogP contribution in [0.3, 0.4) is 0 Å². The van der Waals surface area contributed by atoms with Gasteiger partial charge in [0.2, 0.25) is 6.41 Å². The molecule has 3 rings (SSSR count). The lowest BCUT2D eigenvalue weighted by molar-refractivity contribution is -0.116. The molecule has 0 spiro atoms. The minimum Gasteiger partial charge on any atom is -0.497 e. The molecule has 0 fully saturated rings. The highest BCUT2D eigenvalue weighted by Crippen LogP contribution is 2.31. The van der Waals surface area contributed by atoms with Gasteiger partial charge < -0.3 is 19.7 Å². The van der Waals surface area contributed by atoms with Crippen LogP contribution in [0.4, 0.5) is 5.00 Å². The second-order valence-corrected chi connectivity index (χ2v) is 8.55. The van der Waals surface area contributed by atoms with Crippen molar-refractivity contribution in [2.45, 2.75) is 6.54 Å². The van der Waals surface area contributed by atoms with Crippen molar-refractivity contribution in [2.75, 3.05) is 39.3 Å². The molecule has 0 saturated carbocycles. The van der Waals surface area contributed by atoms with Crippen molar-refractivity contribution in [1.82, 2.24) is 10.2 Å². The summed E-state index contributed by atoms with van der Waals surface area (Å²) in [6.07, 6.45) is 0.483. The van der Waals surface area contributed by atoms with E-state index in [-0.39, 0.29) is 24.6 Å². The van der Waals surface area contributed by atoms with Crippen LogP contribution >= 0.6 is 11.3 Å². The molecular formula is C25H27N3O5S. The number of ether oxygens (including phenoxy) is 2. The van der Waals surface area contributed by atoms with Gasteiger partial charge in [0.15, 0.2) is 0 Å². The summed E-state index contributed by atoms with van der Waals surface area (Å²) in [4.78, 5) is 40.7. The summed E-state index contributed by atoms with van der Waals surface area (Å²) in [5.74, 6) is 0.607. The number of anilines is 1. The SMILES string of the molecule is COc1ccc(CNC(=O)c2cc(C(=O)N(C=O)CCOc3ccccc3)c(N(C)C)s2)cc1. The van der Waals surface area contributed by atoms with Crippen molar-refractivity contribution in [1.29, 1.82) is 0 Å². The van der Waals surface area contributed by atoms with Gasteiger partial charge in [-0.05, 0) is 35.9 Å². The van der Waals surface area contributed by atoms with E-state index in [1.165, 1.54) is 17.4 Å². The monoisotopic (exact) mass is 481 g/mol. The van der Waals surface area contributed by atoms with Crippen molar-refractivity contribution in [3.8, 4) is 11.5 Å². The lowest BCUT2D eigenvalue weighted by atomic mass is 10.2. The Morgan fingerprint density at radius 2 is 1.74 bits per heavy atom. The molecule has 1 heterocycles. The van der Waals surface area contributed by atoms with E-state index >= 15 is 0 Å². The van der Waals surface area contributed by atoms with Crippen molar-refractivity contribution in [3.63, 3.8) is 0 Å². The van der Waals surface area contributed by atoms with Gasteiger partial charge in [0.05, 0.1) is 24.1 Å². The van der Waals surface area contributed by atoms with Crippen LogP contribution in [0.25, 0.3) is 0 Å². The number of hydrogen-bond donors (Lipinski definition) is 1. The molecule has 0 bridgehead atoms. The Balaban J connectivity index is 1.67. The number of nitrogens with one attached hydrogen (secondary N) is 1. The molecule has 0 aliphatic heterocycles. The Hall–Kier alpha value is -3.85. The van der Waals surface area contributed by atoms with E-state index in [1.807, 2.05) is 42.5 Å². The number of methoxy groups -OCH3 is 1. The van der Waals surface area contributed by atoms with Gasteiger partial charge >= 0.3 is 0 Å². The maximum Gasteiger partial charge on any atom is 0.263 e. The van der Waals surface area contributed by atoms with E-state index in [4.69, 9.17) is 9.47 Å². The lowest BCUT2D eigenvalue weighted by Gasteiger charge is -2.18. The van der Waals surface area contributed by atoms with Crippen LogP contribution < -0.4 is 19.7 Å². The topological polar surface area (TPSA) is 88.2 Å². The molecule has 0 aliphatic carbocycles. The normalized spacial score (nSPS) is 10.3. The molecule has 34 heavy (non-hydrogen) atoms. The number of amides is 3. The zero-order chi connectivity index (χ0) is 24.5. The summed E-state index contributed by atoms with van der Waals surface area (Å²) < 4.78 is 10.7. The van der Waals surface area contributed by atoms with Crippen LogP contribution in [-0.4, -0.2) is 57.5 Å². The van der Waals surface area contributed by atoms with Crippen LogP contribution in [0.5, 0.6) is 11.5 Å². The van der Waals surface area contributed by atoms with Crippen molar-refractivity contribution >= 4 is 34.6 Å². The molecule has 178 valence electrons. The third-order valence-corrected chi connectivity index (χ3v) is 6.22. The van der Waals surface area contributed by atoms with Crippen LogP contribution in [0.15, 0.2) is 60.7 Å². The fraction of sp³-hybridized carbons (Fsp3) is 0.240. The van der Waals surface area contributed by atoms with Crippen molar-refractivity contribution in [3.05, 3.63) is 76.7 Å². The van der Waals surface area contributed by atoms with Crippen LogP contribution in [0.1, 0.15) is 25.6 Å².